The molecule has 1 aromatic carbocycles. The number of carbonyl (C=O) groups is 1. The maximum absolute atomic E-state index is 12.6. The fraction of sp³-hybridized carbons (Fsp3) is 0.320. The number of carbonyl (C=O) groups excluding carboxylic acids is 1. The van der Waals surface area contributed by atoms with Crippen LogP contribution in [0.3, 0.4) is 0 Å². The molecule has 1 aromatic heterocycles. The van der Waals surface area contributed by atoms with Gasteiger partial charge in [-0.25, -0.2) is 9.97 Å². The maximum Gasteiger partial charge on any atom is 0.225 e. The predicted octanol–water partition coefficient (Wildman–Crippen LogP) is 4.81. The second kappa shape index (κ2) is 8.66. The molecule has 4 rings (SSSR count). The SMILES string of the molecule is CC(C)=Cc1nc2c(nc1NC(=O)CCc1ccccc1)CCC1=C2CCC(N)=C1. The van der Waals surface area contributed by atoms with Gasteiger partial charge in [-0.1, -0.05) is 35.9 Å². The van der Waals surface area contributed by atoms with Crippen LogP contribution in [-0.4, -0.2) is 15.9 Å². The number of benzene rings is 1. The van der Waals surface area contributed by atoms with Gasteiger partial charge in [0.15, 0.2) is 5.82 Å². The monoisotopic (exact) mass is 400 g/mol. The van der Waals surface area contributed by atoms with Gasteiger partial charge >= 0.3 is 0 Å². The van der Waals surface area contributed by atoms with E-state index in [1.807, 2.05) is 50.3 Å². The number of hydrogen-bond donors (Lipinski definition) is 2. The number of rotatable bonds is 5. The summed E-state index contributed by atoms with van der Waals surface area (Å²) in [6, 6.07) is 10.0. The first-order valence-electron chi connectivity index (χ1n) is 10.6. The van der Waals surface area contributed by atoms with Gasteiger partial charge in [-0.3, -0.25) is 4.79 Å². The number of aromatic nitrogens is 2. The minimum absolute atomic E-state index is 0.0411. The number of anilines is 1. The van der Waals surface area contributed by atoms with Crippen molar-refractivity contribution in [2.45, 2.75) is 52.4 Å². The van der Waals surface area contributed by atoms with Gasteiger partial charge in [-0.2, -0.15) is 0 Å². The van der Waals surface area contributed by atoms with Crippen molar-refractivity contribution in [3.63, 3.8) is 0 Å². The number of aryl methyl sites for hydroxylation is 2. The lowest BCUT2D eigenvalue weighted by Gasteiger charge is -2.25. The van der Waals surface area contributed by atoms with Crippen molar-refractivity contribution in [1.29, 1.82) is 0 Å². The van der Waals surface area contributed by atoms with Crippen LogP contribution >= 0.6 is 0 Å². The van der Waals surface area contributed by atoms with E-state index in [0.717, 1.165) is 59.6 Å². The molecule has 0 saturated heterocycles. The summed E-state index contributed by atoms with van der Waals surface area (Å²) in [5.74, 6) is 0.517. The van der Waals surface area contributed by atoms with E-state index < -0.39 is 0 Å². The molecule has 0 atom stereocenters. The van der Waals surface area contributed by atoms with Crippen LogP contribution in [0, 0.1) is 0 Å². The lowest BCUT2D eigenvalue weighted by Crippen LogP contribution is -2.19. The van der Waals surface area contributed by atoms with E-state index in [9.17, 15) is 4.79 Å². The second-order valence-electron chi connectivity index (χ2n) is 8.23. The molecule has 0 radical (unpaired) electrons. The Morgan fingerprint density at radius 3 is 2.67 bits per heavy atom. The summed E-state index contributed by atoms with van der Waals surface area (Å²) >= 11 is 0. The first kappa shape index (κ1) is 20.1. The molecule has 0 spiro atoms. The summed E-state index contributed by atoms with van der Waals surface area (Å²) in [7, 11) is 0. The molecule has 0 fully saturated rings. The molecule has 154 valence electrons. The number of allylic oxidation sites excluding steroid dienone is 5. The van der Waals surface area contributed by atoms with E-state index in [1.54, 1.807) is 0 Å². The van der Waals surface area contributed by atoms with Crippen LogP contribution in [0.4, 0.5) is 5.82 Å². The Kier molecular flexibility index (Phi) is 5.79. The third kappa shape index (κ3) is 4.51. The highest BCUT2D eigenvalue weighted by Crippen LogP contribution is 2.37. The highest BCUT2D eigenvalue weighted by molar-refractivity contribution is 5.92. The van der Waals surface area contributed by atoms with Crippen LogP contribution in [0.15, 0.2) is 53.3 Å². The largest absolute Gasteiger partial charge is 0.402 e. The topological polar surface area (TPSA) is 80.9 Å². The summed E-state index contributed by atoms with van der Waals surface area (Å²) < 4.78 is 0. The number of nitrogens with zero attached hydrogens (tertiary/aromatic N) is 2. The van der Waals surface area contributed by atoms with E-state index in [2.05, 4.69) is 11.4 Å². The number of hydrogen-bond acceptors (Lipinski definition) is 4. The van der Waals surface area contributed by atoms with Crippen LogP contribution in [-0.2, 0) is 17.6 Å². The van der Waals surface area contributed by atoms with Crippen molar-refractivity contribution in [3.8, 4) is 0 Å². The Morgan fingerprint density at radius 1 is 1.10 bits per heavy atom. The van der Waals surface area contributed by atoms with Crippen LogP contribution in [0.1, 0.15) is 62.2 Å². The lowest BCUT2D eigenvalue weighted by molar-refractivity contribution is -0.116. The Bertz CT molecular complexity index is 1060. The van der Waals surface area contributed by atoms with Gasteiger partial charge in [0.2, 0.25) is 5.91 Å². The minimum Gasteiger partial charge on any atom is -0.402 e. The third-order valence-corrected chi connectivity index (χ3v) is 5.49. The van der Waals surface area contributed by atoms with Gasteiger partial charge in [0.05, 0.1) is 11.4 Å². The van der Waals surface area contributed by atoms with Gasteiger partial charge < -0.3 is 11.1 Å². The molecule has 1 heterocycles. The fourth-order valence-electron chi connectivity index (χ4n) is 4.02. The second-order valence-corrected chi connectivity index (χ2v) is 8.23. The Hall–Kier alpha value is -3.21. The average molecular weight is 401 g/mol. The zero-order valence-electron chi connectivity index (χ0n) is 17.7. The van der Waals surface area contributed by atoms with Crippen LogP contribution in [0.5, 0.6) is 0 Å². The van der Waals surface area contributed by atoms with Gasteiger partial charge in [0, 0.05) is 12.1 Å². The molecule has 5 nitrogen and oxygen atoms in total. The molecule has 2 aromatic rings. The van der Waals surface area contributed by atoms with Crippen molar-refractivity contribution >= 4 is 23.4 Å². The standard InChI is InChI=1S/C25H28N4O/c1-16(2)14-22-25(29-23(30)13-8-17-6-4-3-5-7-17)28-21-12-9-18-15-19(26)10-11-20(18)24(21)27-22/h3-7,14-15H,8-13,26H2,1-2H3,(H,28,29,30). The Morgan fingerprint density at radius 2 is 1.90 bits per heavy atom. The van der Waals surface area contributed by atoms with Gasteiger partial charge in [-0.05, 0) is 74.8 Å². The molecule has 0 unspecified atom stereocenters. The molecule has 30 heavy (non-hydrogen) atoms. The van der Waals surface area contributed by atoms with E-state index in [0.29, 0.717) is 18.7 Å². The molecule has 0 bridgehead atoms. The zero-order valence-corrected chi connectivity index (χ0v) is 17.7. The predicted molar refractivity (Wildman–Crippen MR) is 121 cm³/mol. The van der Waals surface area contributed by atoms with E-state index >= 15 is 0 Å². The Balaban J connectivity index is 1.61. The van der Waals surface area contributed by atoms with Crippen molar-refractivity contribution in [3.05, 3.63) is 75.9 Å². The summed E-state index contributed by atoms with van der Waals surface area (Å²) in [5.41, 5.74) is 14.4. The summed E-state index contributed by atoms with van der Waals surface area (Å²) in [4.78, 5) is 22.4. The van der Waals surface area contributed by atoms with Crippen molar-refractivity contribution in [1.82, 2.24) is 9.97 Å². The molecule has 3 N–H and O–H groups in total. The molecular formula is C25H28N4O. The molecular weight excluding hydrogens is 372 g/mol. The summed E-state index contributed by atoms with van der Waals surface area (Å²) in [6.07, 6.45) is 8.69. The van der Waals surface area contributed by atoms with Crippen LogP contribution < -0.4 is 11.1 Å². The van der Waals surface area contributed by atoms with E-state index in [-0.39, 0.29) is 5.91 Å². The van der Waals surface area contributed by atoms with E-state index in [4.69, 9.17) is 15.7 Å². The fourth-order valence-corrected chi connectivity index (χ4v) is 4.02. The van der Waals surface area contributed by atoms with Crippen molar-refractivity contribution in [2.75, 3.05) is 5.32 Å². The molecule has 2 aliphatic rings. The first-order valence-corrected chi connectivity index (χ1v) is 10.6. The van der Waals surface area contributed by atoms with Crippen molar-refractivity contribution in [2.24, 2.45) is 5.73 Å². The van der Waals surface area contributed by atoms with Crippen molar-refractivity contribution < 1.29 is 4.79 Å². The Labute approximate surface area is 177 Å². The molecule has 0 aliphatic heterocycles. The minimum atomic E-state index is -0.0411. The van der Waals surface area contributed by atoms with E-state index in [1.165, 1.54) is 11.1 Å². The first-order chi connectivity index (χ1) is 14.5. The quantitative estimate of drug-likeness (QED) is 0.755. The molecule has 5 heteroatoms. The summed E-state index contributed by atoms with van der Waals surface area (Å²) in [6.45, 7) is 4.05. The number of fused-ring (bicyclic) bond motifs is 2. The number of amides is 1. The van der Waals surface area contributed by atoms with Gasteiger partial charge in [0.1, 0.15) is 5.69 Å². The number of nitrogens with two attached hydrogens (primary N) is 1. The van der Waals surface area contributed by atoms with Gasteiger partial charge in [-0.15, -0.1) is 0 Å². The highest BCUT2D eigenvalue weighted by atomic mass is 16.1. The van der Waals surface area contributed by atoms with Gasteiger partial charge in [0.25, 0.3) is 0 Å². The average Bonchev–Trinajstić information content (AvgIpc) is 2.73. The molecule has 0 saturated carbocycles. The summed E-state index contributed by atoms with van der Waals surface area (Å²) in [5, 5.41) is 3.01. The normalized spacial score (nSPS) is 15.1. The maximum atomic E-state index is 12.6. The lowest BCUT2D eigenvalue weighted by atomic mass is 9.85. The van der Waals surface area contributed by atoms with Crippen LogP contribution in [0.25, 0.3) is 11.6 Å². The smallest absolute Gasteiger partial charge is 0.225 e. The zero-order chi connectivity index (χ0) is 21.1. The number of nitrogens with one attached hydrogen (secondary N) is 1. The van der Waals surface area contributed by atoms with Crippen LogP contribution in [0.2, 0.25) is 0 Å². The molecule has 2 aliphatic carbocycles. The highest BCUT2D eigenvalue weighted by Gasteiger charge is 2.25. The third-order valence-electron chi connectivity index (χ3n) is 5.49. The molecule has 1 amide bonds.